The summed E-state index contributed by atoms with van der Waals surface area (Å²) < 4.78 is 5.54. The van der Waals surface area contributed by atoms with Crippen LogP contribution in [0.1, 0.15) is 37.7 Å². The maximum absolute atomic E-state index is 12.1. The molecule has 1 aliphatic heterocycles. The molecule has 2 aromatic rings. The second-order valence-corrected chi connectivity index (χ2v) is 6.33. The van der Waals surface area contributed by atoms with E-state index in [9.17, 15) is 4.79 Å². The summed E-state index contributed by atoms with van der Waals surface area (Å²) in [5, 5.41) is 2.90. The van der Waals surface area contributed by atoms with E-state index in [0.29, 0.717) is 12.2 Å². The van der Waals surface area contributed by atoms with E-state index in [-0.39, 0.29) is 5.91 Å². The largest absolute Gasteiger partial charge is 0.493 e. The van der Waals surface area contributed by atoms with E-state index >= 15 is 0 Å². The van der Waals surface area contributed by atoms with Gasteiger partial charge in [0.15, 0.2) is 0 Å². The zero-order valence-electron chi connectivity index (χ0n) is 14.5. The van der Waals surface area contributed by atoms with Gasteiger partial charge in [0.2, 0.25) is 5.91 Å². The molecule has 0 bridgehead atoms. The van der Waals surface area contributed by atoms with Crippen LogP contribution in [0.15, 0.2) is 36.4 Å². The van der Waals surface area contributed by atoms with Crippen LogP contribution in [0.4, 0.5) is 5.82 Å². The van der Waals surface area contributed by atoms with Crippen LogP contribution < -0.4 is 15.8 Å². The highest BCUT2D eigenvalue weighted by molar-refractivity contribution is 5.90. The predicted molar refractivity (Wildman–Crippen MR) is 99.6 cm³/mol. The molecule has 1 aromatic heterocycles. The normalized spacial score (nSPS) is 12.5. The van der Waals surface area contributed by atoms with Crippen molar-refractivity contribution in [3.8, 4) is 17.0 Å². The summed E-state index contributed by atoms with van der Waals surface area (Å²) in [5.41, 5.74) is 8.58. The molecular formula is C20H25N3O2. The van der Waals surface area contributed by atoms with Crippen LogP contribution in [0.3, 0.4) is 0 Å². The lowest BCUT2D eigenvalue weighted by molar-refractivity contribution is -0.116. The molecule has 5 heteroatoms. The summed E-state index contributed by atoms with van der Waals surface area (Å²) in [7, 11) is 0. The number of nitrogens with two attached hydrogens (primary N) is 1. The zero-order valence-corrected chi connectivity index (χ0v) is 14.5. The first-order chi connectivity index (χ1) is 12.3. The lowest BCUT2D eigenvalue weighted by Gasteiger charge is -2.08. The fourth-order valence-corrected chi connectivity index (χ4v) is 3.00. The molecule has 1 aliphatic rings. The highest BCUT2D eigenvalue weighted by Gasteiger charge is 2.13. The maximum Gasteiger partial charge on any atom is 0.225 e. The second-order valence-electron chi connectivity index (χ2n) is 6.33. The van der Waals surface area contributed by atoms with Crippen LogP contribution in [0.5, 0.6) is 5.75 Å². The number of nitrogens with zero attached hydrogens (tertiary/aromatic N) is 1. The molecule has 0 saturated heterocycles. The van der Waals surface area contributed by atoms with Crippen molar-refractivity contribution in [2.24, 2.45) is 5.73 Å². The highest BCUT2D eigenvalue weighted by atomic mass is 16.5. The summed E-state index contributed by atoms with van der Waals surface area (Å²) in [4.78, 5) is 16.6. The third-order valence-electron chi connectivity index (χ3n) is 4.36. The number of fused-ring (bicyclic) bond motifs is 1. The van der Waals surface area contributed by atoms with Crippen LogP contribution in [0.2, 0.25) is 0 Å². The molecule has 0 unspecified atom stereocenters. The number of carbonyl (C=O) groups is 1. The molecule has 0 atom stereocenters. The summed E-state index contributed by atoms with van der Waals surface area (Å²) in [6.07, 6.45) is 5.48. The van der Waals surface area contributed by atoms with Crippen LogP contribution in [-0.2, 0) is 11.2 Å². The Labute approximate surface area is 148 Å². The highest BCUT2D eigenvalue weighted by Crippen LogP contribution is 2.30. The van der Waals surface area contributed by atoms with Gasteiger partial charge in [0.25, 0.3) is 0 Å². The number of hydrogen-bond donors (Lipinski definition) is 2. The lowest BCUT2D eigenvalue weighted by atomic mass is 10.1. The molecule has 0 spiro atoms. The van der Waals surface area contributed by atoms with E-state index in [1.807, 2.05) is 30.3 Å². The molecule has 5 nitrogen and oxygen atoms in total. The monoisotopic (exact) mass is 339 g/mol. The first-order valence-electron chi connectivity index (χ1n) is 8.99. The van der Waals surface area contributed by atoms with Crippen molar-refractivity contribution in [2.45, 2.75) is 38.5 Å². The van der Waals surface area contributed by atoms with Gasteiger partial charge in [-0.25, -0.2) is 4.98 Å². The molecule has 1 aromatic carbocycles. The Bertz CT molecular complexity index is 731. The number of hydrogen-bond acceptors (Lipinski definition) is 4. The van der Waals surface area contributed by atoms with Crippen molar-refractivity contribution in [1.82, 2.24) is 4.98 Å². The number of aromatic nitrogens is 1. The molecule has 132 valence electrons. The van der Waals surface area contributed by atoms with E-state index in [4.69, 9.17) is 10.5 Å². The van der Waals surface area contributed by atoms with E-state index < -0.39 is 0 Å². The van der Waals surface area contributed by atoms with Gasteiger partial charge in [0.1, 0.15) is 11.6 Å². The first-order valence-corrected chi connectivity index (χ1v) is 8.99. The van der Waals surface area contributed by atoms with Crippen molar-refractivity contribution in [3.05, 3.63) is 42.0 Å². The van der Waals surface area contributed by atoms with Gasteiger partial charge in [0, 0.05) is 18.4 Å². The number of amides is 1. The number of pyridine rings is 1. The van der Waals surface area contributed by atoms with Crippen molar-refractivity contribution < 1.29 is 9.53 Å². The smallest absolute Gasteiger partial charge is 0.225 e. The molecule has 0 fully saturated rings. The topological polar surface area (TPSA) is 77.2 Å². The van der Waals surface area contributed by atoms with Crippen LogP contribution in [0, 0.1) is 0 Å². The van der Waals surface area contributed by atoms with Gasteiger partial charge in [-0.2, -0.15) is 0 Å². The number of nitrogens with one attached hydrogen (secondary N) is 1. The number of benzene rings is 1. The average molecular weight is 339 g/mol. The fourth-order valence-electron chi connectivity index (χ4n) is 3.00. The van der Waals surface area contributed by atoms with Crippen molar-refractivity contribution in [1.29, 1.82) is 0 Å². The Morgan fingerprint density at radius 2 is 2.04 bits per heavy atom. The van der Waals surface area contributed by atoms with Crippen molar-refractivity contribution in [3.63, 3.8) is 0 Å². The Kier molecular flexibility index (Phi) is 6.01. The molecule has 0 radical (unpaired) electrons. The summed E-state index contributed by atoms with van der Waals surface area (Å²) >= 11 is 0. The Morgan fingerprint density at radius 1 is 1.16 bits per heavy atom. The second kappa shape index (κ2) is 8.62. The first kappa shape index (κ1) is 17.4. The third-order valence-corrected chi connectivity index (χ3v) is 4.36. The predicted octanol–water partition coefficient (Wildman–Crippen LogP) is 3.53. The number of rotatable bonds is 8. The Hall–Kier alpha value is -2.40. The van der Waals surface area contributed by atoms with Crippen LogP contribution in [0.25, 0.3) is 11.3 Å². The van der Waals surface area contributed by atoms with Crippen LogP contribution in [-0.4, -0.2) is 24.0 Å². The quantitative estimate of drug-likeness (QED) is 0.721. The van der Waals surface area contributed by atoms with E-state index in [1.54, 1.807) is 0 Å². The molecule has 1 amide bonds. The van der Waals surface area contributed by atoms with Gasteiger partial charge in [-0.05, 0) is 55.3 Å². The molecule has 0 saturated carbocycles. The third kappa shape index (κ3) is 4.79. The molecule has 25 heavy (non-hydrogen) atoms. The number of unbranched alkanes of at least 4 members (excludes halogenated alkanes) is 3. The Balaban J connectivity index is 1.59. The Morgan fingerprint density at radius 3 is 2.92 bits per heavy atom. The molecular weight excluding hydrogens is 314 g/mol. The minimum Gasteiger partial charge on any atom is -0.493 e. The van der Waals surface area contributed by atoms with Gasteiger partial charge in [0.05, 0.1) is 12.3 Å². The fraction of sp³-hybridized carbons (Fsp3) is 0.400. The number of carbonyl (C=O) groups excluding carboxylic acids is 1. The van der Waals surface area contributed by atoms with Gasteiger partial charge >= 0.3 is 0 Å². The van der Waals surface area contributed by atoms with Crippen molar-refractivity contribution >= 4 is 11.7 Å². The average Bonchev–Trinajstić information content (AvgIpc) is 3.09. The molecule has 3 N–H and O–H groups in total. The summed E-state index contributed by atoms with van der Waals surface area (Å²) in [6, 6.07) is 11.8. The van der Waals surface area contributed by atoms with Gasteiger partial charge in [-0.15, -0.1) is 0 Å². The van der Waals surface area contributed by atoms with Gasteiger partial charge in [-0.3, -0.25) is 4.79 Å². The molecule has 0 aliphatic carbocycles. The van der Waals surface area contributed by atoms with E-state index in [1.165, 1.54) is 5.56 Å². The summed E-state index contributed by atoms with van der Waals surface area (Å²) in [5.74, 6) is 1.57. The van der Waals surface area contributed by atoms with Crippen LogP contribution >= 0.6 is 0 Å². The van der Waals surface area contributed by atoms with E-state index in [0.717, 1.165) is 62.3 Å². The van der Waals surface area contributed by atoms with Gasteiger partial charge in [-0.1, -0.05) is 18.9 Å². The molecule has 2 heterocycles. The SMILES string of the molecule is NCCCCCCC(=O)Nc1cccc(-c2ccc3c(c2)CCO3)n1. The zero-order chi connectivity index (χ0) is 17.5. The molecule has 3 rings (SSSR count). The number of anilines is 1. The summed E-state index contributed by atoms with van der Waals surface area (Å²) in [6.45, 7) is 1.46. The standard InChI is InChI=1S/C20H25N3O2/c21-12-4-2-1-3-8-20(24)23-19-7-5-6-17(22-19)15-9-10-18-16(14-15)11-13-25-18/h5-7,9-10,14H,1-4,8,11-13,21H2,(H,22,23,24). The minimum atomic E-state index is 0.0137. The van der Waals surface area contributed by atoms with Gasteiger partial charge < -0.3 is 15.8 Å². The minimum absolute atomic E-state index is 0.0137. The maximum atomic E-state index is 12.1. The van der Waals surface area contributed by atoms with E-state index in [2.05, 4.69) is 16.4 Å². The lowest BCUT2D eigenvalue weighted by Crippen LogP contribution is -2.12. The number of ether oxygens (including phenoxy) is 1. The van der Waals surface area contributed by atoms with Crippen molar-refractivity contribution in [2.75, 3.05) is 18.5 Å².